The van der Waals surface area contributed by atoms with Gasteiger partial charge in [0.05, 0.1) is 11.7 Å². The normalized spacial score (nSPS) is 22.9. The molecule has 1 aliphatic carbocycles. The van der Waals surface area contributed by atoms with Crippen LogP contribution >= 0.6 is 11.6 Å². The molecule has 2 rings (SSSR count). The van der Waals surface area contributed by atoms with E-state index in [1.54, 1.807) is 24.3 Å². The van der Waals surface area contributed by atoms with Gasteiger partial charge in [0.1, 0.15) is 0 Å². The molecule has 116 valence electrons. The van der Waals surface area contributed by atoms with E-state index in [1.165, 1.54) is 0 Å². The van der Waals surface area contributed by atoms with E-state index in [1.807, 2.05) is 0 Å². The molecule has 0 aliphatic heterocycles. The number of sulfonamides is 1. The first-order chi connectivity index (χ1) is 9.85. The summed E-state index contributed by atoms with van der Waals surface area (Å²) >= 11 is 5.84. The molecule has 1 fully saturated rings. The molecule has 0 unspecified atom stereocenters. The molecular formula is C14H18ClNO4S. The van der Waals surface area contributed by atoms with Crippen LogP contribution in [-0.2, 0) is 20.6 Å². The maximum absolute atomic E-state index is 12.1. The van der Waals surface area contributed by atoms with Crippen molar-refractivity contribution < 1.29 is 18.3 Å². The molecule has 1 saturated carbocycles. The minimum atomic E-state index is -3.44. The molecule has 0 saturated heterocycles. The van der Waals surface area contributed by atoms with Gasteiger partial charge < -0.3 is 5.11 Å². The second-order valence-corrected chi connectivity index (χ2v) is 7.58. The number of hydrogen-bond donors (Lipinski definition) is 2. The topological polar surface area (TPSA) is 83.5 Å². The Morgan fingerprint density at radius 2 is 1.95 bits per heavy atom. The SMILES string of the molecule is O=C(O)C1CCC(NS(=O)(=O)Cc2cccc(Cl)c2)CC1. The van der Waals surface area contributed by atoms with Crippen molar-refractivity contribution in [1.82, 2.24) is 4.72 Å². The fourth-order valence-electron chi connectivity index (χ4n) is 2.60. The second-order valence-electron chi connectivity index (χ2n) is 5.39. The molecular weight excluding hydrogens is 314 g/mol. The van der Waals surface area contributed by atoms with Crippen molar-refractivity contribution in [2.75, 3.05) is 0 Å². The Bertz CT molecular complexity index is 609. The van der Waals surface area contributed by atoms with E-state index >= 15 is 0 Å². The Morgan fingerprint density at radius 1 is 1.29 bits per heavy atom. The van der Waals surface area contributed by atoms with Crippen molar-refractivity contribution in [3.63, 3.8) is 0 Å². The Labute approximate surface area is 129 Å². The van der Waals surface area contributed by atoms with Crippen LogP contribution in [0.15, 0.2) is 24.3 Å². The highest BCUT2D eigenvalue weighted by Crippen LogP contribution is 2.25. The lowest BCUT2D eigenvalue weighted by atomic mass is 9.87. The maximum atomic E-state index is 12.1. The number of carboxylic acids is 1. The van der Waals surface area contributed by atoms with E-state index in [0.29, 0.717) is 36.3 Å². The number of carboxylic acid groups (broad SMARTS) is 1. The third kappa shape index (κ3) is 4.98. The van der Waals surface area contributed by atoms with Crippen molar-refractivity contribution in [3.8, 4) is 0 Å². The highest BCUT2D eigenvalue weighted by Gasteiger charge is 2.28. The van der Waals surface area contributed by atoms with Gasteiger partial charge in [0.15, 0.2) is 0 Å². The van der Waals surface area contributed by atoms with Gasteiger partial charge in [-0.3, -0.25) is 4.79 Å². The van der Waals surface area contributed by atoms with E-state index < -0.39 is 16.0 Å². The molecule has 0 amide bonds. The van der Waals surface area contributed by atoms with Gasteiger partial charge >= 0.3 is 5.97 Å². The minimum Gasteiger partial charge on any atom is -0.481 e. The summed E-state index contributed by atoms with van der Waals surface area (Å²) in [5.74, 6) is -1.26. The number of rotatable bonds is 5. The molecule has 0 aromatic heterocycles. The number of nitrogens with one attached hydrogen (secondary N) is 1. The van der Waals surface area contributed by atoms with E-state index in [9.17, 15) is 13.2 Å². The number of halogens is 1. The summed E-state index contributed by atoms with van der Waals surface area (Å²) in [6.07, 6.45) is 2.15. The predicted octanol–water partition coefficient (Wildman–Crippen LogP) is 2.40. The average Bonchev–Trinajstić information content (AvgIpc) is 2.38. The van der Waals surface area contributed by atoms with Crippen LogP contribution in [0.3, 0.4) is 0 Å². The van der Waals surface area contributed by atoms with E-state index in [4.69, 9.17) is 16.7 Å². The van der Waals surface area contributed by atoms with Gasteiger partial charge in [-0.2, -0.15) is 0 Å². The summed E-state index contributed by atoms with van der Waals surface area (Å²) in [5.41, 5.74) is 0.634. The maximum Gasteiger partial charge on any atom is 0.306 e. The zero-order chi connectivity index (χ0) is 15.5. The quantitative estimate of drug-likeness (QED) is 0.867. The van der Waals surface area contributed by atoms with E-state index in [0.717, 1.165) is 0 Å². The van der Waals surface area contributed by atoms with Crippen molar-refractivity contribution in [2.45, 2.75) is 37.5 Å². The second kappa shape index (κ2) is 6.77. The van der Waals surface area contributed by atoms with Crippen LogP contribution in [0.25, 0.3) is 0 Å². The molecule has 0 spiro atoms. The van der Waals surface area contributed by atoms with Crippen LogP contribution in [0.4, 0.5) is 0 Å². The highest BCUT2D eigenvalue weighted by molar-refractivity contribution is 7.88. The van der Waals surface area contributed by atoms with Gasteiger partial charge in [-0.25, -0.2) is 13.1 Å². The van der Waals surface area contributed by atoms with Crippen LogP contribution in [0, 0.1) is 5.92 Å². The molecule has 0 bridgehead atoms. The summed E-state index contributed by atoms with van der Waals surface area (Å²) in [4.78, 5) is 10.9. The van der Waals surface area contributed by atoms with Crippen molar-refractivity contribution in [3.05, 3.63) is 34.9 Å². The van der Waals surface area contributed by atoms with Gasteiger partial charge in [0, 0.05) is 11.1 Å². The molecule has 2 N–H and O–H groups in total. The minimum absolute atomic E-state index is 0.119. The summed E-state index contributed by atoms with van der Waals surface area (Å²) in [7, 11) is -3.44. The zero-order valence-electron chi connectivity index (χ0n) is 11.5. The first-order valence-corrected chi connectivity index (χ1v) is 8.86. The van der Waals surface area contributed by atoms with Crippen LogP contribution in [-0.4, -0.2) is 25.5 Å². The van der Waals surface area contributed by atoms with Gasteiger partial charge in [0.2, 0.25) is 10.0 Å². The fraction of sp³-hybridized carbons (Fsp3) is 0.500. The summed E-state index contributed by atoms with van der Waals surface area (Å²) in [5, 5.41) is 9.43. The molecule has 1 aromatic rings. The fourth-order valence-corrected chi connectivity index (χ4v) is 4.26. The molecule has 5 nitrogen and oxygen atoms in total. The van der Waals surface area contributed by atoms with Gasteiger partial charge in [-0.1, -0.05) is 23.7 Å². The highest BCUT2D eigenvalue weighted by atomic mass is 35.5. The zero-order valence-corrected chi connectivity index (χ0v) is 13.0. The molecule has 0 atom stereocenters. The Hall–Kier alpha value is -1.11. The van der Waals surface area contributed by atoms with E-state index in [2.05, 4.69) is 4.72 Å². The standard InChI is InChI=1S/C14H18ClNO4S/c15-12-3-1-2-10(8-12)9-21(19,20)16-13-6-4-11(5-7-13)14(17)18/h1-3,8,11,13,16H,4-7,9H2,(H,17,18). The lowest BCUT2D eigenvalue weighted by Crippen LogP contribution is -2.39. The first kappa shape index (κ1) is 16.3. The molecule has 0 radical (unpaired) electrons. The number of hydrogen-bond acceptors (Lipinski definition) is 3. The van der Waals surface area contributed by atoms with Crippen LogP contribution in [0.5, 0.6) is 0 Å². The lowest BCUT2D eigenvalue weighted by Gasteiger charge is -2.26. The van der Waals surface area contributed by atoms with E-state index in [-0.39, 0.29) is 17.7 Å². The first-order valence-electron chi connectivity index (χ1n) is 6.83. The van der Waals surface area contributed by atoms with Crippen molar-refractivity contribution >= 4 is 27.6 Å². The Balaban J connectivity index is 1.91. The molecule has 21 heavy (non-hydrogen) atoms. The van der Waals surface area contributed by atoms with Crippen molar-refractivity contribution in [2.24, 2.45) is 5.92 Å². The third-order valence-corrected chi connectivity index (χ3v) is 5.31. The lowest BCUT2D eigenvalue weighted by molar-refractivity contribution is -0.142. The largest absolute Gasteiger partial charge is 0.481 e. The van der Waals surface area contributed by atoms with Gasteiger partial charge in [-0.15, -0.1) is 0 Å². The third-order valence-electron chi connectivity index (χ3n) is 3.67. The summed E-state index contributed by atoms with van der Waals surface area (Å²) in [6.45, 7) is 0. The molecule has 1 aliphatic rings. The Kier molecular flexibility index (Phi) is 5.24. The smallest absolute Gasteiger partial charge is 0.306 e. The summed E-state index contributed by atoms with van der Waals surface area (Å²) < 4.78 is 26.9. The molecule has 7 heteroatoms. The van der Waals surface area contributed by atoms with Gasteiger partial charge in [0.25, 0.3) is 0 Å². The summed E-state index contributed by atoms with van der Waals surface area (Å²) in [6, 6.07) is 6.57. The number of benzene rings is 1. The molecule has 0 heterocycles. The van der Waals surface area contributed by atoms with Crippen LogP contribution < -0.4 is 4.72 Å². The average molecular weight is 332 g/mol. The number of carbonyl (C=O) groups is 1. The van der Waals surface area contributed by atoms with Crippen LogP contribution in [0.1, 0.15) is 31.2 Å². The van der Waals surface area contributed by atoms with Crippen molar-refractivity contribution in [1.29, 1.82) is 0 Å². The van der Waals surface area contributed by atoms with Gasteiger partial charge in [-0.05, 0) is 43.4 Å². The monoisotopic (exact) mass is 331 g/mol. The van der Waals surface area contributed by atoms with Crippen LogP contribution in [0.2, 0.25) is 5.02 Å². The predicted molar refractivity (Wildman–Crippen MR) is 80.6 cm³/mol. The number of aliphatic carboxylic acids is 1. The Morgan fingerprint density at radius 3 is 2.52 bits per heavy atom. The molecule has 1 aromatic carbocycles.